The van der Waals surface area contributed by atoms with Crippen molar-refractivity contribution in [1.29, 1.82) is 0 Å². The van der Waals surface area contributed by atoms with Gasteiger partial charge in [-0.05, 0) is 29.2 Å². The van der Waals surface area contributed by atoms with Crippen LogP contribution in [0.25, 0.3) is 0 Å². The molecule has 1 aromatic heterocycles. The topological polar surface area (TPSA) is 82.2 Å². The lowest BCUT2D eigenvalue weighted by Crippen LogP contribution is -2.19. The van der Waals surface area contributed by atoms with Crippen molar-refractivity contribution in [2.45, 2.75) is 31.4 Å². The fraction of sp³-hybridized carbons (Fsp3) is 0.700. The number of imidazole rings is 1. The Morgan fingerprint density at radius 3 is 3.00 bits per heavy atom. The molecular weight excluding hydrogens is 224 g/mol. The Morgan fingerprint density at radius 2 is 2.41 bits per heavy atom. The van der Waals surface area contributed by atoms with E-state index >= 15 is 0 Å². The largest absolute Gasteiger partial charge is 0.406 e. The van der Waals surface area contributed by atoms with Gasteiger partial charge in [-0.3, -0.25) is 4.57 Å². The molecule has 1 aromatic rings. The number of anilines is 1. The number of methoxy groups -OCH3 is 1. The van der Waals surface area contributed by atoms with Crippen molar-refractivity contribution in [3.05, 3.63) is 16.4 Å². The van der Waals surface area contributed by atoms with E-state index in [-0.39, 0.29) is 18.0 Å². The third kappa shape index (κ3) is 2.38. The summed E-state index contributed by atoms with van der Waals surface area (Å²) in [7, 11) is 3.44. The Labute approximate surface area is 98.9 Å². The molecule has 17 heavy (non-hydrogen) atoms. The predicted molar refractivity (Wildman–Crippen MR) is 61.9 cm³/mol. The van der Waals surface area contributed by atoms with Crippen LogP contribution in [0.1, 0.15) is 19.3 Å². The van der Waals surface area contributed by atoms with Gasteiger partial charge < -0.3 is 20.2 Å². The molecule has 1 fully saturated rings. The van der Waals surface area contributed by atoms with E-state index < -0.39 is 4.92 Å². The van der Waals surface area contributed by atoms with E-state index in [1.165, 1.54) is 6.33 Å². The highest BCUT2D eigenvalue weighted by Gasteiger charge is 2.28. The Kier molecular flexibility index (Phi) is 3.28. The molecule has 0 amide bonds. The van der Waals surface area contributed by atoms with Crippen LogP contribution in [0.3, 0.4) is 0 Å². The molecular formula is C10H16N4O3. The molecule has 94 valence electrons. The van der Waals surface area contributed by atoms with E-state index in [2.05, 4.69) is 10.3 Å². The molecule has 2 atom stereocenters. The number of ether oxygens (including phenoxy) is 1. The molecule has 0 aliphatic heterocycles. The predicted octanol–water partition coefficient (Wildman–Crippen LogP) is 1.31. The zero-order chi connectivity index (χ0) is 12.4. The third-order valence-electron chi connectivity index (χ3n) is 3.15. The van der Waals surface area contributed by atoms with Crippen LogP contribution >= 0.6 is 0 Å². The van der Waals surface area contributed by atoms with E-state index in [4.69, 9.17) is 4.74 Å². The summed E-state index contributed by atoms with van der Waals surface area (Å²) < 4.78 is 6.91. The number of nitrogens with zero attached hydrogens (tertiary/aromatic N) is 3. The van der Waals surface area contributed by atoms with Gasteiger partial charge in [-0.25, -0.2) is 0 Å². The summed E-state index contributed by atoms with van der Waals surface area (Å²) in [6.45, 7) is 0. The van der Waals surface area contributed by atoms with Crippen molar-refractivity contribution in [1.82, 2.24) is 9.55 Å². The second-order valence-electron chi connectivity index (χ2n) is 4.30. The molecule has 2 unspecified atom stereocenters. The Balaban J connectivity index is 2.08. The van der Waals surface area contributed by atoms with E-state index in [1.54, 1.807) is 18.7 Å². The van der Waals surface area contributed by atoms with Gasteiger partial charge in [-0.2, -0.15) is 0 Å². The average molecular weight is 240 g/mol. The van der Waals surface area contributed by atoms with E-state index in [0.29, 0.717) is 5.82 Å². The van der Waals surface area contributed by atoms with Gasteiger partial charge in [0.25, 0.3) is 0 Å². The Hall–Kier alpha value is -1.63. The molecule has 1 aliphatic rings. The van der Waals surface area contributed by atoms with Crippen LogP contribution in [0.4, 0.5) is 11.6 Å². The zero-order valence-corrected chi connectivity index (χ0v) is 9.92. The van der Waals surface area contributed by atoms with Crippen LogP contribution in [0.15, 0.2) is 6.33 Å². The van der Waals surface area contributed by atoms with Crippen LogP contribution in [0.5, 0.6) is 0 Å². The molecule has 2 rings (SSSR count). The maximum Gasteiger partial charge on any atom is 0.406 e. The van der Waals surface area contributed by atoms with Crippen LogP contribution < -0.4 is 5.32 Å². The fourth-order valence-electron chi connectivity index (χ4n) is 2.20. The SMILES string of the molecule is COC1CCC(Nc2c([N+](=O)[O-])ncn2C)C1. The molecule has 0 spiro atoms. The van der Waals surface area contributed by atoms with Gasteiger partial charge in [-0.1, -0.05) is 0 Å². The maximum atomic E-state index is 10.8. The minimum Gasteiger partial charge on any atom is -0.381 e. The number of hydrogen-bond donors (Lipinski definition) is 1. The zero-order valence-electron chi connectivity index (χ0n) is 9.92. The van der Waals surface area contributed by atoms with Crippen molar-refractivity contribution in [2.24, 2.45) is 7.05 Å². The molecule has 0 saturated heterocycles. The summed E-state index contributed by atoms with van der Waals surface area (Å²) in [5, 5.41) is 14.0. The van der Waals surface area contributed by atoms with Crippen molar-refractivity contribution in [3.63, 3.8) is 0 Å². The van der Waals surface area contributed by atoms with Crippen molar-refractivity contribution in [3.8, 4) is 0 Å². The number of hydrogen-bond acceptors (Lipinski definition) is 5. The minimum absolute atomic E-state index is 0.117. The minimum atomic E-state index is -0.467. The molecule has 1 heterocycles. The highest BCUT2D eigenvalue weighted by atomic mass is 16.6. The molecule has 1 saturated carbocycles. The average Bonchev–Trinajstić information content (AvgIpc) is 2.87. The lowest BCUT2D eigenvalue weighted by molar-refractivity contribution is -0.388. The first-order chi connectivity index (χ1) is 8.11. The van der Waals surface area contributed by atoms with Gasteiger partial charge in [0.1, 0.15) is 0 Å². The molecule has 7 nitrogen and oxygen atoms in total. The van der Waals surface area contributed by atoms with Gasteiger partial charge in [0.2, 0.25) is 12.1 Å². The lowest BCUT2D eigenvalue weighted by Gasteiger charge is -2.13. The first-order valence-electron chi connectivity index (χ1n) is 5.57. The number of aromatic nitrogens is 2. The normalized spacial score (nSPS) is 23.9. The van der Waals surface area contributed by atoms with Crippen molar-refractivity contribution < 1.29 is 9.66 Å². The van der Waals surface area contributed by atoms with Crippen molar-refractivity contribution in [2.75, 3.05) is 12.4 Å². The molecule has 0 aromatic carbocycles. The summed E-state index contributed by atoms with van der Waals surface area (Å²) in [6.07, 6.45) is 4.52. The van der Waals surface area contributed by atoms with E-state index in [1.807, 2.05) is 0 Å². The lowest BCUT2D eigenvalue weighted by atomic mass is 10.2. The smallest absolute Gasteiger partial charge is 0.381 e. The highest BCUT2D eigenvalue weighted by molar-refractivity contribution is 5.52. The molecule has 1 N–H and O–H groups in total. The van der Waals surface area contributed by atoms with Gasteiger partial charge in [-0.15, -0.1) is 0 Å². The maximum absolute atomic E-state index is 10.8. The van der Waals surface area contributed by atoms with Crippen LogP contribution in [-0.2, 0) is 11.8 Å². The number of aryl methyl sites for hydroxylation is 1. The van der Waals surface area contributed by atoms with Crippen LogP contribution in [0, 0.1) is 10.1 Å². The van der Waals surface area contributed by atoms with Gasteiger partial charge >= 0.3 is 5.82 Å². The second kappa shape index (κ2) is 4.70. The van der Waals surface area contributed by atoms with Crippen molar-refractivity contribution >= 4 is 11.6 Å². The first kappa shape index (κ1) is 11.8. The number of nitrogens with one attached hydrogen (secondary N) is 1. The van der Waals surface area contributed by atoms with Gasteiger partial charge in [0, 0.05) is 20.2 Å². The molecule has 7 heteroatoms. The standard InChI is InChI=1S/C10H16N4O3/c1-13-6-11-9(14(15)16)10(13)12-7-3-4-8(5-7)17-2/h6-8,12H,3-5H2,1-2H3. The molecule has 0 bridgehead atoms. The Morgan fingerprint density at radius 1 is 1.65 bits per heavy atom. The monoisotopic (exact) mass is 240 g/mol. The summed E-state index contributed by atoms with van der Waals surface area (Å²) in [4.78, 5) is 14.1. The highest BCUT2D eigenvalue weighted by Crippen LogP contribution is 2.28. The van der Waals surface area contributed by atoms with Crippen LogP contribution in [-0.4, -0.2) is 33.7 Å². The molecule has 1 aliphatic carbocycles. The quantitative estimate of drug-likeness (QED) is 0.633. The van der Waals surface area contributed by atoms with E-state index in [0.717, 1.165) is 19.3 Å². The fourth-order valence-corrected chi connectivity index (χ4v) is 2.20. The van der Waals surface area contributed by atoms with E-state index in [9.17, 15) is 10.1 Å². The van der Waals surface area contributed by atoms with Gasteiger partial charge in [0.15, 0.2) is 0 Å². The number of rotatable bonds is 4. The summed E-state index contributed by atoms with van der Waals surface area (Å²) in [6, 6.07) is 0.217. The Bertz CT molecular complexity index is 418. The molecule has 0 radical (unpaired) electrons. The number of nitro groups is 1. The first-order valence-corrected chi connectivity index (χ1v) is 5.57. The summed E-state index contributed by atoms with van der Waals surface area (Å²) in [5.74, 6) is 0.352. The third-order valence-corrected chi connectivity index (χ3v) is 3.15. The summed E-state index contributed by atoms with van der Waals surface area (Å²) >= 11 is 0. The summed E-state index contributed by atoms with van der Waals surface area (Å²) in [5.41, 5.74) is 0. The van der Waals surface area contributed by atoms with Gasteiger partial charge in [0.05, 0.1) is 6.10 Å². The second-order valence-corrected chi connectivity index (χ2v) is 4.30. The van der Waals surface area contributed by atoms with Crippen LogP contribution in [0.2, 0.25) is 0 Å².